The first-order valence-electron chi connectivity index (χ1n) is 46.7. The Hall–Kier alpha value is -0.680. The van der Waals surface area contributed by atoms with E-state index in [4.69, 9.17) is 37.9 Å². The summed E-state index contributed by atoms with van der Waals surface area (Å²) in [5, 5.41) is 0. The predicted molar refractivity (Wildman–Crippen MR) is 474 cm³/mol. The van der Waals surface area contributed by atoms with Gasteiger partial charge < -0.3 is 77.1 Å². The molecule has 9 fully saturated rings. The second-order valence-corrected chi connectivity index (χ2v) is 36.7. The molecule has 0 aromatic heterocycles. The molecule has 1 saturated carbocycles. The molecule has 8 aliphatic heterocycles. The number of rotatable bonds is 39. The number of hydrogen-bond donors (Lipinski definition) is 0. The molecule has 0 aromatic carbocycles. The fourth-order valence-corrected chi connectivity index (χ4v) is 16.1. The summed E-state index contributed by atoms with van der Waals surface area (Å²) in [6, 6.07) is 1.59. The van der Waals surface area contributed by atoms with Gasteiger partial charge in [-0.1, -0.05) is 53.4 Å². The average Bonchev–Trinajstić information content (AvgIpc) is 0.765. The minimum Gasteiger partial charge on any atom is -0.379 e. The van der Waals surface area contributed by atoms with Gasteiger partial charge in [0.1, 0.15) is 0 Å². The smallest absolute Gasteiger partial charge is 0.0596 e. The predicted octanol–water partition coefficient (Wildman–Crippen LogP) is 18.6. The van der Waals surface area contributed by atoms with Crippen molar-refractivity contribution < 1.29 is 37.9 Å². The molecule has 8 saturated heterocycles. The molecule has 0 N–H and O–H groups in total. The van der Waals surface area contributed by atoms with Gasteiger partial charge in [-0.2, -0.15) is 0 Å². The molecule has 8 heterocycles. The highest BCUT2D eigenvalue weighted by atomic mass is 16.5. The normalized spacial score (nSPS) is 22.8. The summed E-state index contributed by atoms with van der Waals surface area (Å²) in [6.45, 7) is 80.6. The standard InChI is InChI=1S/4C12H25NO.C11H24N2O.C11H21NO.2C11H23NO.CH4/c2*1-11(2)14-9-5-8-13-7-4-6-12(3)10-13;2*1-11(2)14-10-6-9-13-8-5-4-7-12(13)3;1-11(2)14-10-4-5-13-8-6-12(3)7-9-13;1-10(2)13-7-6-12-8-11(9-12)4-3-5-11;2*1-11(2)13-10-6-9-12-7-4-3-5-8-12;/h4*11-12H,4-10H2,1-3H3;11H,4-10H2,1-3H3;10H,3-9H2,1-2H3;2*11H,3-10H2,1-2H3;1H4/t4*12-;;;;;/m1010...../s1. The molecule has 9 aliphatic rings. The fourth-order valence-electron chi connectivity index (χ4n) is 16.1. The van der Waals surface area contributed by atoms with Crippen molar-refractivity contribution >= 4 is 0 Å². The Labute approximate surface area is 686 Å². The zero-order chi connectivity index (χ0) is 80.3. The molecule has 9 rings (SSSR count). The van der Waals surface area contributed by atoms with Gasteiger partial charge in [-0.05, 0) is 336 Å². The molecule has 1 spiro atoms. The van der Waals surface area contributed by atoms with Crippen LogP contribution in [0.3, 0.4) is 0 Å². The van der Waals surface area contributed by atoms with E-state index >= 15 is 0 Å². The zero-order valence-electron chi connectivity index (χ0n) is 76.7. The third kappa shape index (κ3) is 61.6. The third-order valence-electron chi connectivity index (χ3n) is 22.7. The molecule has 660 valence electrons. The second-order valence-electron chi connectivity index (χ2n) is 36.7. The monoisotopic (exact) mass is 1570 g/mol. The first-order valence-corrected chi connectivity index (χ1v) is 46.7. The number of likely N-dealkylation sites (N-methyl/N-ethyl adjacent to an activating group) is 1. The van der Waals surface area contributed by atoms with E-state index in [2.05, 4.69) is 190 Å². The van der Waals surface area contributed by atoms with E-state index in [1.807, 2.05) is 0 Å². The summed E-state index contributed by atoms with van der Waals surface area (Å²) in [5.41, 5.74) is 0.776. The number of piperidine rings is 6. The molecule has 4 atom stereocenters. The first-order chi connectivity index (χ1) is 52.2. The number of nitrogens with zero attached hydrogens (tertiary/aromatic N) is 9. The lowest BCUT2D eigenvalue weighted by molar-refractivity contribution is -0.0732. The Morgan fingerprint density at radius 1 is 0.264 bits per heavy atom. The maximum absolute atomic E-state index is 5.54. The Kier molecular flexibility index (Phi) is 67.5. The molecule has 0 aromatic rings. The molecule has 0 bridgehead atoms. The van der Waals surface area contributed by atoms with Crippen LogP contribution < -0.4 is 0 Å². The molecule has 110 heavy (non-hydrogen) atoms. The quantitative estimate of drug-likeness (QED) is 0.0545. The Morgan fingerprint density at radius 2 is 0.536 bits per heavy atom. The van der Waals surface area contributed by atoms with Crippen molar-refractivity contribution in [1.82, 2.24) is 44.1 Å². The highest BCUT2D eigenvalue weighted by molar-refractivity contribution is 5.00. The van der Waals surface area contributed by atoms with Gasteiger partial charge in [0.25, 0.3) is 0 Å². The van der Waals surface area contributed by atoms with Crippen LogP contribution in [0.4, 0.5) is 0 Å². The molecule has 17 nitrogen and oxygen atoms in total. The van der Waals surface area contributed by atoms with Crippen LogP contribution >= 0.6 is 0 Å². The summed E-state index contributed by atoms with van der Waals surface area (Å²) in [5.74, 6) is 1.80. The van der Waals surface area contributed by atoms with Crippen molar-refractivity contribution in [3.8, 4) is 0 Å². The SMILES string of the molecule is C.CC(C)OCCCN1CCCCC1.CC(C)OCCCN1CCCCC1.CC(C)OCCCN1CCCC[C@@H]1C.CC(C)OCCCN1CCCC[C@H]1C.CC(C)OCCCN1CCC[C@@H](C)C1.CC(C)OCCCN1CCC[C@H](C)C1.CC(C)OCCCN1CCN(C)CC1.CC(C)OCCN1CC2(CCC2)C1. The van der Waals surface area contributed by atoms with Crippen LogP contribution in [0.15, 0.2) is 0 Å². The van der Waals surface area contributed by atoms with Crippen molar-refractivity contribution in [2.75, 3.05) is 217 Å². The number of piperazine rings is 1. The number of ether oxygens (including phenoxy) is 8. The third-order valence-corrected chi connectivity index (χ3v) is 22.7. The summed E-state index contributed by atoms with van der Waals surface area (Å²) in [4.78, 5) is 22.9. The van der Waals surface area contributed by atoms with Gasteiger partial charge in [0, 0.05) is 163 Å². The lowest BCUT2D eigenvalue weighted by Crippen LogP contribution is -2.60. The van der Waals surface area contributed by atoms with Crippen molar-refractivity contribution in [3.05, 3.63) is 0 Å². The van der Waals surface area contributed by atoms with Crippen molar-refractivity contribution in [3.63, 3.8) is 0 Å². The van der Waals surface area contributed by atoms with Crippen LogP contribution in [0.5, 0.6) is 0 Å². The Bertz CT molecular complexity index is 1850. The Morgan fingerprint density at radius 3 is 0.818 bits per heavy atom. The van der Waals surface area contributed by atoms with Crippen LogP contribution in [-0.2, 0) is 37.9 Å². The largest absolute Gasteiger partial charge is 0.379 e. The summed E-state index contributed by atoms with van der Waals surface area (Å²) in [7, 11) is 2.19. The van der Waals surface area contributed by atoms with Crippen molar-refractivity contribution in [2.45, 2.75) is 374 Å². The van der Waals surface area contributed by atoms with Gasteiger partial charge in [-0.3, -0.25) is 4.90 Å². The van der Waals surface area contributed by atoms with Gasteiger partial charge in [-0.25, -0.2) is 0 Å². The van der Waals surface area contributed by atoms with Gasteiger partial charge >= 0.3 is 0 Å². The first kappa shape index (κ1) is 107. The lowest BCUT2D eigenvalue weighted by Gasteiger charge is -2.56. The van der Waals surface area contributed by atoms with E-state index in [0.29, 0.717) is 48.8 Å². The maximum atomic E-state index is 5.54. The summed E-state index contributed by atoms with van der Waals surface area (Å²) in [6.07, 6.45) is 38.2. The Balaban J connectivity index is 0.000000628. The van der Waals surface area contributed by atoms with Crippen LogP contribution in [0.25, 0.3) is 0 Å². The molecule has 0 amide bonds. The molecular formula is C93H195N9O8. The topological polar surface area (TPSA) is 103 Å². The van der Waals surface area contributed by atoms with Crippen LogP contribution in [0.1, 0.15) is 313 Å². The minimum absolute atomic E-state index is 0. The summed E-state index contributed by atoms with van der Waals surface area (Å²) >= 11 is 0. The fraction of sp³-hybridized carbons (Fsp3) is 1.00. The zero-order valence-corrected chi connectivity index (χ0v) is 76.7. The molecular weight excluding hydrogens is 1370 g/mol. The van der Waals surface area contributed by atoms with Gasteiger partial charge in [0.05, 0.1) is 55.4 Å². The lowest BCUT2D eigenvalue weighted by atomic mass is 9.63. The molecule has 0 unspecified atom stereocenters. The number of likely N-dealkylation sites (tertiary alicyclic amines) is 7. The molecule has 1 aliphatic carbocycles. The maximum Gasteiger partial charge on any atom is 0.0596 e. The van der Waals surface area contributed by atoms with Crippen LogP contribution in [-0.4, -0.2) is 322 Å². The van der Waals surface area contributed by atoms with Crippen molar-refractivity contribution in [2.24, 2.45) is 17.3 Å². The van der Waals surface area contributed by atoms with Crippen LogP contribution in [0, 0.1) is 17.3 Å². The average molecular weight is 1570 g/mol. The van der Waals surface area contributed by atoms with E-state index in [9.17, 15) is 0 Å². The van der Waals surface area contributed by atoms with E-state index in [-0.39, 0.29) is 7.43 Å². The van der Waals surface area contributed by atoms with Gasteiger partial charge in [-0.15, -0.1) is 0 Å². The van der Waals surface area contributed by atoms with E-state index in [1.165, 1.54) is 317 Å². The highest BCUT2D eigenvalue weighted by Crippen LogP contribution is 2.47. The van der Waals surface area contributed by atoms with E-state index < -0.39 is 0 Å². The molecule has 17 heteroatoms. The summed E-state index contributed by atoms with van der Waals surface area (Å²) < 4.78 is 44.2. The number of hydrogen-bond acceptors (Lipinski definition) is 17. The van der Waals surface area contributed by atoms with Crippen LogP contribution in [0.2, 0.25) is 0 Å². The molecule has 0 radical (unpaired) electrons. The van der Waals surface area contributed by atoms with E-state index in [0.717, 1.165) is 88.7 Å². The van der Waals surface area contributed by atoms with E-state index in [1.54, 1.807) is 0 Å². The van der Waals surface area contributed by atoms with Gasteiger partial charge in [0.15, 0.2) is 0 Å². The van der Waals surface area contributed by atoms with Gasteiger partial charge in [0.2, 0.25) is 0 Å². The van der Waals surface area contributed by atoms with Crippen molar-refractivity contribution in [1.29, 1.82) is 0 Å². The minimum atomic E-state index is 0. The highest BCUT2D eigenvalue weighted by Gasteiger charge is 2.46. The second kappa shape index (κ2) is 69.1.